The fraction of sp³-hybridized carbons (Fsp3) is 0.188. The smallest absolute Gasteiger partial charge is 0.408 e. The van der Waals surface area contributed by atoms with E-state index in [0.29, 0.717) is 11.1 Å². The van der Waals surface area contributed by atoms with Gasteiger partial charge in [-0.3, -0.25) is 4.57 Å². The number of benzene rings is 2. The van der Waals surface area contributed by atoms with Crippen molar-refractivity contribution in [1.82, 2.24) is 4.57 Å². The predicted molar refractivity (Wildman–Crippen MR) is 76.6 cm³/mol. The van der Waals surface area contributed by atoms with Crippen LogP contribution in [0.2, 0.25) is 0 Å². The number of nitrogens with zero attached hydrogens (tertiary/aromatic N) is 1. The van der Waals surface area contributed by atoms with E-state index in [2.05, 4.69) is 0 Å². The molecule has 1 heterocycles. The molecule has 1 atom stereocenters. The van der Waals surface area contributed by atoms with Gasteiger partial charge in [-0.05, 0) is 30.2 Å². The summed E-state index contributed by atoms with van der Waals surface area (Å²) in [6.45, 7) is 2.12. The second-order valence-electron chi connectivity index (χ2n) is 4.82. The van der Waals surface area contributed by atoms with E-state index in [1.807, 2.05) is 49.4 Å². The van der Waals surface area contributed by atoms with Crippen LogP contribution in [0.15, 0.2) is 57.7 Å². The van der Waals surface area contributed by atoms with Gasteiger partial charge in [-0.25, -0.2) is 4.79 Å². The van der Waals surface area contributed by atoms with Crippen molar-refractivity contribution in [3.05, 3.63) is 70.2 Å². The average Bonchev–Trinajstić information content (AvgIpc) is 2.76. The number of para-hydroxylation sites is 2. The van der Waals surface area contributed by atoms with Crippen LogP contribution in [0.1, 0.15) is 17.2 Å². The zero-order chi connectivity index (χ0) is 14.1. The van der Waals surface area contributed by atoms with Gasteiger partial charge in [0.05, 0.1) is 18.2 Å². The minimum Gasteiger partial charge on any atom is -0.408 e. The fourth-order valence-electron chi connectivity index (χ4n) is 2.42. The molecule has 0 saturated carbocycles. The second kappa shape index (κ2) is 4.98. The van der Waals surface area contributed by atoms with Crippen LogP contribution in [0.3, 0.4) is 0 Å². The van der Waals surface area contributed by atoms with Gasteiger partial charge in [0, 0.05) is 0 Å². The normalized spacial score (nSPS) is 12.7. The van der Waals surface area contributed by atoms with Crippen LogP contribution in [-0.4, -0.2) is 9.67 Å². The molecule has 1 N–H and O–H groups in total. The molecular formula is C16H15NO3. The van der Waals surface area contributed by atoms with Crippen molar-refractivity contribution >= 4 is 11.1 Å². The molecule has 102 valence electrons. The molecule has 0 fully saturated rings. The highest BCUT2D eigenvalue weighted by Crippen LogP contribution is 2.20. The number of oxazole rings is 1. The minimum absolute atomic E-state index is 0.181. The Kier molecular flexibility index (Phi) is 3.16. The van der Waals surface area contributed by atoms with Gasteiger partial charge in [-0.1, -0.05) is 36.4 Å². The lowest BCUT2D eigenvalue weighted by molar-refractivity contribution is 0.154. The Hall–Kier alpha value is -2.33. The summed E-state index contributed by atoms with van der Waals surface area (Å²) in [4.78, 5) is 11.9. The second-order valence-corrected chi connectivity index (χ2v) is 4.82. The number of fused-ring (bicyclic) bond motifs is 1. The Bertz CT molecular complexity index is 801. The molecule has 0 amide bonds. The molecule has 0 spiro atoms. The number of aromatic nitrogens is 1. The maximum atomic E-state index is 11.9. The number of aliphatic hydroxyl groups excluding tert-OH is 1. The molecule has 3 aromatic rings. The molecule has 0 saturated heterocycles. The third-order valence-electron chi connectivity index (χ3n) is 3.48. The van der Waals surface area contributed by atoms with Gasteiger partial charge < -0.3 is 9.52 Å². The maximum absolute atomic E-state index is 11.9. The quantitative estimate of drug-likeness (QED) is 0.795. The van der Waals surface area contributed by atoms with E-state index in [1.165, 1.54) is 4.57 Å². The van der Waals surface area contributed by atoms with Crippen molar-refractivity contribution < 1.29 is 9.52 Å². The Labute approximate surface area is 115 Å². The molecule has 0 radical (unpaired) electrons. The topological polar surface area (TPSA) is 55.4 Å². The van der Waals surface area contributed by atoms with Crippen molar-refractivity contribution in [3.8, 4) is 0 Å². The van der Waals surface area contributed by atoms with Crippen molar-refractivity contribution in [2.75, 3.05) is 0 Å². The van der Waals surface area contributed by atoms with Gasteiger partial charge >= 0.3 is 5.76 Å². The minimum atomic E-state index is -0.741. The maximum Gasteiger partial charge on any atom is 0.420 e. The van der Waals surface area contributed by atoms with Crippen LogP contribution in [0.4, 0.5) is 0 Å². The summed E-state index contributed by atoms with van der Waals surface area (Å²) in [5.74, 6) is -0.446. The first-order valence-electron chi connectivity index (χ1n) is 6.49. The Morgan fingerprint density at radius 1 is 1.15 bits per heavy atom. The summed E-state index contributed by atoms with van der Waals surface area (Å²) < 4.78 is 6.63. The number of rotatable bonds is 3. The summed E-state index contributed by atoms with van der Waals surface area (Å²) in [6.07, 6.45) is -0.741. The van der Waals surface area contributed by atoms with Gasteiger partial charge in [0.2, 0.25) is 0 Å². The summed E-state index contributed by atoms with van der Waals surface area (Å²) in [5.41, 5.74) is 3.06. The molecule has 0 aliphatic carbocycles. The molecule has 0 aliphatic heterocycles. The SMILES string of the molecule is Cc1ccccc1C(O)Cn1c(=O)oc2ccccc21. The van der Waals surface area contributed by atoms with E-state index >= 15 is 0 Å². The molecule has 0 bridgehead atoms. The highest BCUT2D eigenvalue weighted by atomic mass is 16.4. The molecule has 4 nitrogen and oxygen atoms in total. The van der Waals surface area contributed by atoms with Crippen molar-refractivity contribution in [1.29, 1.82) is 0 Å². The van der Waals surface area contributed by atoms with Gasteiger partial charge in [0.15, 0.2) is 5.58 Å². The zero-order valence-electron chi connectivity index (χ0n) is 11.1. The fourth-order valence-corrected chi connectivity index (χ4v) is 2.42. The van der Waals surface area contributed by atoms with Crippen molar-refractivity contribution in [2.24, 2.45) is 0 Å². The van der Waals surface area contributed by atoms with Crippen LogP contribution < -0.4 is 5.76 Å². The molecule has 1 aromatic heterocycles. The lowest BCUT2D eigenvalue weighted by Crippen LogP contribution is -2.19. The van der Waals surface area contributed by atoms with Gasteiger partial charge in [0.1, 0.15) is 0 Å². The van der Waals surface area contributed by atoms with Crippen LogP contribution >= 0.6 is 0 Å². The Morgan fingerprint density at radius 2 is 1.85 bits per heavy atom. The first-order chi connectivity index (χ1) is 9.66. The van der Waals surface area contributed by atoms with E-state index in [0.717, 1.165) is 11.1 Å². The number of aryl methyl sites for hydroxylation is 1. The van der Waals surface area contributed by atoms with E-state index in [9.17, 15) is 9.90 Å². The average molecular weight is 269 g/mol. The Morgan fingerprint density at radius 3 is 2.65 bits per heavy atom. The van der Waals surface area contributed by atoms with Crippen LogP contribution in [0.25, 0.3) is 11.1 Å². The van der Waals surface area contributed by atoms with Gasteiger partial charge in [-0.15, -0.1) is 0 Å². The van der Waals surface area contributed by atoms with E-state index in [4.69, 9.17) is 4.42 Å². The van der Waals surface area contributed by atoms with E-state index in [1.54, 1.807) is 6.07 Å². The van der Waals surface area contributed by atoms with Crippen molar-refractivity contribution in [3.63, 3.8) is 0 Å². The summed E-state index contributed by atoms with van der Waals surface area (Å²) in [5, 5.41) is 10.4. The predicted octanol–water partition coefficient (Wildman–Crippen LogP) is 2.64. The highest BCUT2D eigenvalue weighted by molar-refractivity contribution is 5.72. The standard InChI is InChI=1S/C16H15NO3/c1-11-6-2-3-7-12(11)14(18)10-17-13-8-4-5-9-15(13)20-16(17)19/h2-9,14,18H,10H2,1H3. The van der Waals surface area contributed by atoms with Crippen molar-refractivity contribution in [2.45, 2.75) is 19.6 Å². The van der Waals surface area contributed by atoms with Gasteiger partial charge in [-0.2, -0.15) is 0 Å². The highest BCUT2D eigenvalue weighted by Gasteiger charge is 2.15. The summed E-state index contributed by atoms with van der Waals surface area (Å²) in [7, 11) is 0. The third-order valence-corrected chi connectivity index (χ3v) is 3.48. The van der Waals surface area contributed by atoms with Crippen LogP contribution in [-0.2, 0) is 6.54 Å². The molecule has 20 heavy (non-hydrogen) atoms. The number of hydrogen-bond acceptors (Lipinski definition) is 3. The molecule has 4 heteroatoms. The summed E-state index contributed by atoms with van der Waals surface area (Å²) in [6, 6.07) is 14.8. The first-order valence-corrected chi connectivity index (χ1v) is 6.49. The Balaban J connectivity index is 2.00. The van der Waals surface area contributed by atoms with E-state index in [-0.39, 0.29) is 6.54 Å². The molecule has 3 rings (SSSR count). The molecule has 0 aliphatic rings. The molecule has 2 aromatic carbocycles. The monoisotopic (exact) mass is 269 g/mol. The van der Waals surface area contributed by atoms with E-state index < -0.39 is 11.9 Å². The number of aliphatic hydroxyl groups is 1. The molecule has 1 unspecified atom stereocenters. The zero-order valence-corrected chi connectivity index (χ0v) is 11.1. The first kappa shape index (κ1) is 12.7. The largest absolute Gasteiger partial charge is 0.420 e. The molecular weight excluding hydrogens is 254 g/mol. The van der Waals surface area contributed by atoms with Crippen LogP contribution in [0.5, 0.6) is 0 Å². The van der Waals surface area contributed by atoms with Gasteiger partial charge in [0.25, 0.3) is 0 Å². The third kappa shape index (κ3) is 2.14. The lowest BCUT2D eigenvalue weighted by atomic mass is 10.0. The lowest BCUT2D eigenvalue weighted by Gasteiger charge is -2.13. The number of hydrogen-bond donors (Lipinski definition) is 1. The van der Waals surface area contributed by atoms with Crippen LogP contribution in [0, 0.1) is 6.92 Å². The summed E-state index contributed by atoms with van der Waals surface area (Å²) >= 11 is 0.